The van der Waals surface area contributed by atoms with Gasteiger partial charge in [-0.3, -0.25) is 10.1 Å². The van der Waals surface area contributed by atoms with Crippen LogP contribution in [-0.4, -0.2) is 37.5 Å². The minimum Gasteiger partial charge on any atom is -0.332 e. The topological polar surface area (TPSA) is 88.9 Å². The quantitative estimate of drug-likeness (QED) is 0.566. The second kappa shape index (κ2) is 8.95. The van der Waals surface area contributed by atoms with Crippen molar-refractivity contribution in [1.82, 2.24) is 25.4 Å². The Morgan fingerprint density at radius 3 is 2.45 bits per heavy atom. The summed E-state index contributed by atoms with van der Waals surface area (Å²) in [6, 6.07) is 7.09. The Balaban J connectivity index is 1.21. The van der Waals surface area contributed by atoms with Gasteiger partial charge in [-0.25, -0.2) is 4.79 Å². The summed E-state index contributed by atoms with van der Waals surface area (Å²) in [5.41, 5.74) is 0.750. The zero-order valence-electron chi connectivity index (χ0n) is 19.0. The highest BCUT2D eigenvalue weighted by molar-refractivity contribution is 8.00. The van der Waals surface area contributed by atoms with E-state index < -0.39 is 5.25 Å². The van der Waals surface area contributed by atoms with Crippen molar-refractivity contribution < 1.29 is 9.59 Å². The summed E-state index contributed by atoms with van der Waals surface area (Å²) in [7, 11) is 0. The van der Waals surface area contributed by atoms with Crippen LogP contribution in [-0.2, 0) is 11.3 Å². The number of rotatable bonds is 6. The molecule has 1 heterocycles. The third-order valence-electron chi connectivity index (χ3n) is 7.42. The Morgan fingerprint density at radius 2 is 1.85 bits per heavy atom. The lowest BCUT2D eigenvalue weighted by Gasteiger charge is -2.56. The number of hydrogen-bond donors (Lipinski definition) is 2. The maximum absolute atomic E-state index is 12.8. The maximum atomic E-state index is 12.8. The number of urea groups is 1. The molecule has 4 aliphatic carbocycles. The van der Waals surface area contributed by atoms with E-state index in [1.807, 2.05) is 35.8 Å². The van der Waals surface area contributed by atoms with E-state index >= 15 is 0 Å². The van der Waals surface area contributed by atoms with E-state index in [1.165, 1.54) is 31.0 Å². The summed E-state index contributed by atoms with van der Waals surface area (Å²) >= 11 is 7.43. The Kier molecular flexibility index (Phi) is 6.16. The number of halogens is 1. The number of imide groups is 1. The van der Waals surface area contributed by atoms with Crippen molar-refractivity contribution in [2.45, 2.75) is 74.9 Å². The molecule has 0 radical (unpaired) electrons. The maximum Gasteiger partial charge on any atom is 0.321 e. The third-order valence-corrected chi connectivity index (χ3v) is 8.74. The second-order valence-electron chi connectivity index (χ2n) is 9.96. The van der Waals surface area contributed by atoms with Gasteiger partial charge in [0.1, 0.15) is 0 Å². The molecule has 176 valence electrons. The van der Waals surface area contributed by atoms with Crippen LogP contribution in [0, 0.1) is 17.8 Å². The van der Waals surface area contributed by atoms with Gasteiger partial charge >= 0.3 is 6.03 Å². The van der Waals surface area contributed by atoms with Crippen LogP contribution in [0.4, 0.5) is 4.79 Å². The number of aromatic nitrogens is 3. The fourth-order valence-electron chi connectivity index (χ4n) is 6.46. The molecule has 0 aliphatic heterocycles. The monoisotopic (exact) mass is 487 g/mol. The number of nitrogens with zero attached hydrogens (tertiary/aromatic N) is 3. The normalized spacial score (nSPS) is 28.5. The molecule has 1 atom stereocenters. The molecule has 9 heteroatoms. The minimum absolute atomic E-state index is 0.121. The van der Waals surface area contributed by atoms with Crippen LogP contribution in [0.2, 0.25) is 5.02 Å². The van der Waals surface area contributed by atoms with Crippen LogP contribution < -0.4 is 10.6 Å². The Bertz CT molecular complexity index is 1040. The second-order valence-corrected chi connectivity index (χ2v) is 11.7. The van der Waals surface area contributed by atoms with E-state index in [9.17, 15) is 9.59 Å². The molecule has 3 amide bonds. The van der Waals surface area contributed by atoms with Crippen LogP contribution in [0.1, 0.15) is 52.4 Å². The molecular formula is C24H30ClN5O2S. The van der Waals surface area contributed by atoms with Crippen molar-refractivity contribution in [2.75, 3.05) is 0 Å². The van der Waals surface area contributed by atoms with Crippen molar-refractivity contribution in [1.29, 1.82) is 0 Å². The average molecular weight is 488 g/mol. The number of carbonyl (C=O) groups excluding carboxylic acids is 2. The van der Waals surface area contributed by atoms with Gasteiger partial charge in [0, 0.05) is 22.7 Å². The smallest absolute Gasteiger partial charge is 0.321 e. The molecule has 4 bridgehead atoms. The zero-order valence-corrected chi connectivity index (χ0v) is 20.6. The first-order valence-corrected chi connectivity index (χ1v) is 13.1. The number of hydrogen-bond acceptors (Lipinski definition) is 5. The molecule has 6 rings (SSSR count). The van der Waals surface area contributed by atoms with Gasteiger partial charge in [-0.1, -0.05) is 35.5 Å². The van der Waals surface area contributed by atoms with Crippen molar-refractivity contribution in [3.8, 4) is 11.4 Å². The zero-order chi connectivity index (χ0) is 23.2. The highest BCUT2D eigenvalue weighted by Gasteiger charge is 2.51. The SMILES string of the molecule is CCn1c(S[C@@H](C)C(=O)NC(=O)NC23CC4CC(CC(C4)C2)C3)nnc1-c1cccc(Cl)c1. The molecule has 33 heavy (non-hydrogen) atoms. The molecular weight excluding hydrogens is 458 g/mol. The van der Waals surface area contributed by atoms with Gasteiger partial charge in [0.2, 0.25) is 5.91 Å². The van der Waals surface area contributed by atoms with Gasteiger partial charge in [0.05, 0.1) is 5.25 Å². The van der Waals surface area contributed by atoms with E-state index in [2.05, 4.69) is 20.8 Å². The number of carbonyl (C=O) groups is 2. The van der Waals surface area contributed by atoms with Crippen LogP contribution in [0.15, 0.2) is 29.4 Å². The number of thioether (sulfide) groups is 1. The molecule has 1 aromatic heterocycles. The van der Waals surface area contributed by atoms with Crippen LogP contribution >= 0.6 is 23.4 Å². The summed E-state index contributed by atoms with van der Waals surface area (Å²) < 4.78 is 1.95. The van der Waals surface area contributed by atoms with Crippen molar-refractivity contribution in [3.63, 3.8) is 0 Å². The van der Waals surface area contributed by atoms with Gasteiger partial charge < -0.3 is 9.88 Å². The predicted molar refractivity (Wildman–Crippen MR) is 129 cm³/mol. The summed E-state index contributed by atoms with van der Waals surface area (Å²) in [4.78, 5) is 25.5. The van der Waals surface area contributed by atoms with Gasteiger partial charge in [-0.05, 0) is 82.3 Å². The summed E-state index contributed by atoms with van der Waals surface area (Å²) in [5, 5.41) is 15.2. The summed E-state index contributed by atoms with van der Waals surface area (Å²) in [5.74, 6) is 2.58. The Hall–Kier alpha value is -2.06. The highest BCUT2D eigenvalue weighted by atomic mass is 35.5. The lowest BCUT2D eigenvalue weighted by Crippen LogP contribution is -2.62. The molecule has 4 aliphatic rings. The molecule has 4 fully saturated rings. The Labute approximate surface area is 203 Å². The van der Waals surface area contributed by atoms with Gasteiger partial charge in [-0.15, -0.1) is 10.2 Å². The van der Waals surface area contributed by atoms with Gasteiger partial charge in [0.15, 0.2) is 11.0 Å². The predicted octanol–water partition coefficient (Wildman–Crippen LogP) is 4.89. The average Bonchev–Trinajstić information content (AvgIpc) is 3.14. The van der Waals surface area contributed by atoms with Crippen molar-refractivity contribution in [2.24, 2.45) is 17.8 Å². The Morgan fingerprint density at radius 1 is 1.18 bits per heavy atom. The standard InChI is InChI=1S/C24H30ClN5O2S/c1-3-30-20(18-5-4-6-19(25)10-18)28-29-23(30)33-14(2)21(31)26-22(32)27-24-11-15-7-16(12-24)9-17(8-15)13-24/h4-6,10,14-17H,3,7-9,11-13H2,1-2H3,(H2,26,27,31,32)/t14-,15?,16?,17?,24?/m0/s1. The summed E-state index contributed by atoms with van der Waals surface area (Å²) in [6.07, 6.45) is 7.09. The van der Waals surface area contributed by atoms with Crippen LogP contribution in [0.3, 0.4) is 0 Å². The fraction of sp³-hybridized carbons (Fsp3) is 0.583. The molecule has 0 unspecified atom stereocenters. The van der Waals surface area contributed by atoms with Gasteiger partial charge in [0.25, 0.3) is 0 Å². The van der Waals surface area contributed by atoms with E-state index in [0.717, 1.165) is 42.6 Å². The molecule has 2 aromatic rings. The molecule has 1 aromatic carbocycles. The molecule has 2 N–H and O–H groups in total. The lowest BCUT2D eigenvalue weighted by molar-refractivity contribution is -0.119. The molecule has 0 saturated heterocycles. The largest absolute Gasteiger partial charge is 0.332 e. The minimum atomic E-state index is -0.492. The van der Waals surface area contributed by atoms with E-state index in [1.54, 1.807) is 6.92 Å². The van der Waals surface area contributed by atoms with E-state index in [0.29, 0.717) is 22.5 Å². The number of nitrogens with one attached hydrogen (secondary N) is 2. The van der Waals surface area contributed by atoms with Crippen LogP contribution in [0.5, 0.6) is 0 Å². The number of amides is 3. The van der Waals surface area contributed by atoms with Crippen molar-refractivity contribution >= 4 is 35.3 Å². The highest BCUT2D eigenvalue weighted by Crippen LogP contribution is 2.55. The van der Waals surface area contributed by atoms with Gasteiger partial charge in [-0.2, -0.15) is 0 Å². The number of benzene rings is 1. The first-order chi connectivity index (χ1) is 15.8. The lowest BCUT2D eigenvalue weighted by atomic mass is 9.53. The van der Waals surface area contributed by atoms with E-state index in [4.69, 9.17) is 11.6 Å². The third kappa shape index (κ3) is 4.64. The molecule has 0 spiro atoms. The van der Waals surface area contributed by atoms with Crippen molar-refractivity contribution in [3.05, 3.63) is 29.3 Å². The van der Waals surface area contributed by atoms with E-state index in [-0.39, 0.29) is 17.5 Å². The molecule has 4 saturated carbocycles. The van der Waals surface area contributed by atoms with Crippen LogP contribution in [0.25, 0.3) is 11.4 Å². The molecule has 7 nitrogen and oxygen atoms in total. The summed E-state index contributed by atoms with van der Waals surface area (Å²) in [6.45, 7) is 4.44. The first-order valence-electron chi connectivity index (χ1n) is 11.8. The first kappa shape index (κ1) is 22.7. The fourth-order valence-corrected chi connectivity index (χ4v) is 7.57.